The van der Waals surface area contributed by atoms with Gasteiger partial charge >= 0.3 is 0 Å². The molecule has 2 aromatic carbocycles. The summed E-state index contributed by atoms with van der Waals surface area (Å²) in [5.74, 6) is 0. The minimum Gasteiger partial charge on any atom is -0.252 e. The van der Waals surface area contributed by atoms with Gasteiger partial charge in [-0.3, -0.25) is 9.98 Å². The number of hydrogen-bond acceptors (Lipinski definition) is 2. The zero-order chi connectivity index (χ0) is 26.6. The van der Waals surface area contributed by atoms with Gasteiger partial charge in [0.1, 0.15) is 0 Å². The van der Waals surface area contributed by atoms with Crippen LogP contribution in [0.1, 0.15) is 63.5 Å². The van der Waals surface area contributed by atoms with Crippen molar-refractivity contribution < 1.29 is 20.4 Å². The Hall–Kier alpha value is -1.12. The quantitative estimate of drug-likeness (QED) is 0.139. The van der Waals surface area contributed by atoms with Crippen molar-refractivity contribution in [2.75, 3.05) is 0 Å². The molecule has 0 atom stereocenters. The van der Waals surface area contributed by atoms with E-state index in [0.29, 0.717) is 0 Å². The van der Waals surface area contributed by atoms with Gasteiger partial charge < -0.3 is 0 Å². The molecule has 0 radical (unpaired) electrons. The average Bonchev–Trinajstić information content (AvgIpc) is 2.82. The van der Waals surface area contributed by atoms with Crippen LogP contribution in [0.4, 0.5) is 11.4 Å². The Labute approximate surface area is 244 Å². The molecular formula is C32H52N2PdSi2. The van der Waals surface area contributed by atoms with Gasteiger partial charge in [0.25, 0.3) is 0 Å². The van der Waals surface area contributed by atoms with Crippen molar-refractivity contribution >= 4 is 38.9 Å². The zero-order valence-corrected chi connectivity index (χ0v) is 28.5. The van der Waals surface area contributed by atoms with Crippen LogP contribution in [-0.4, -0.2) is 27.6 Å². The number of nitrogens with zero attached hydrogens (tertiary/aromatic N) is 2. The summed E-state index contributed by atoms with van der Waals surface area (Å²) < 4.78 is 0. The molecule has 0 spiro atoms. The molecule has 0 aliphatic rings. The largest absolute Gasteiger partial charge is 0.252 e. The van der Waals surface area contributed by atoms with Crippen LogP contribution in [0.2, 0.25) is 51.4 Å². The molecule has 0 bridgehead atoms. The summed E-state index contributed by atoms with van der Waals surface area (Å²) in [7, 11) is -2.04. The maximum absolute atomic E-state index is 5.17. The molecule has 0 aromatic heterocycles. The van der Waals surface area contributed by atoms with E-state index in [4.69, 9.17) is 9.98 Å². The third-order valence-electron chi connectivity index (χ3n) is 6.60. The van der Waals surface area contributed by atoms with Crippen molar-refractivity contribution in [3.8, 4) is 0 Å². The summed E-state index contributed by atoms with van der Waals surface area (Å²) in [6, 6.07) is 20.6. The van der Waals surface area contributed by atoms with Gasteiger partial charge in [0.05, 0.1) is 22.8 Å². The minimum absolute atomic E-state index is 0. The Balaban J connectivity index is 0.00000684. The molecule has 37 heavy (non-hydrogen) atoms. The van der Waals surface area contributed by atoms with E-state index in [2.05, 4.69) is 102 Å². The first-order chi connectivity index (χ1) is 17.0. The Kier molecular flexibility index (Phi) is 15.4. The first-order valence-corrected chi connectivity index (χ1v) is 21.7. The molecule has 0 fully saturated rings. The van der Waals surface area contributed by atoms with Crippen molar-refractivity contribution in [1.29, 1.82) is 0 Å². The summed E-state index contributed by atoms with van der Waals surface area (Å²) in [6.07, 6.45) is 8.97. The molecule has 0 aliphatic heterocycles. The molecule has 0 aliphatic carbocycles. The van der Waals surface area contributed by atoms with Gasteiger partial charge in [-0.05, 0) is 73.9 Å². The van der Waals surface area contributed by atoms with Crippen molar-refractivity contribution in [1.82, 2.24) is 0 Å². The maximum atomic E-state index is 5.17. The Morgan fingerprint density at radius 3 is 1.16 bits per heavy atom. The van der Waals surface area contributed by atoms with Gasteiger partial charge in [-0.1, -0.05) is 102 Å². The van der Waals surface area contributed by atoms with E-state index in [0.717, 1.165) is 37.1 Å². The molecular weight excluding hydrogens is 575 g/mol. The van der Waals surface area contributed by atoms with Gasteiger partial charge in [-0.15, -0.1) is 0 Å². The van der Waals surface area contributed by atoms with E-state index in [1.165, 1.54) is 60.3 Å². The second-order valence-corrected chi connectivity index (χ2v) is 24.0. The molecule has 2 rings (SSSR count). The van der Waals surface area contributed by atoms with Gasteiger partial charge in [0, 0.05) is 36.6 Å². The summed E-state index contributed by atoms with van der Waals surface area (Å²) in [6.45, 7) is 19.2. The van der Waals surface area contributed by atoms with Crippen molar-refractivity contribution in [3.63, 3.8) is 0 Å². The molecule has 0 saturated carbocycles. The molecule has 2 nitrogen and oxygen atoms in total. The predicted molar refractivity (Wildman–Crippen MR) is 170 cm³/mol. The zero-order valence-electron chi connectivity index (χ0n) is 24.9. The number of unbranched alkanes of at least 4 members (excludes halogenated alkanes) is 2. The SMILES string of the molecule is CCCCC(=Nc1ccc(CC[Si](C)(C)C)cc1)C(CCCC)=Nc1ccc(CC[Si](C)(C)C)cc1.[Pd]. The fourth-order valence-electron chi connectivity index (χ4n) is 4.04. The van der Waals surface area contributed by atoms with Crippen molar-refractivity contribution in [2.24, 2.45) is 9.98 Å². The van der Waals surface area contributed by atoms with Crippen LogP contribution >= 0.6 is 0 Å². The molecule has 0 unspecified atom stereocenters. The summed E-state index contributed by atoms with van der Waals surface area (Å²) >= 11 is 0. The van der Waals surface area contributed by atoms with Gasteiger partial charge in [-0.2, -0.15) is 0 Å². The van der Waals surface area contributed by atoms with Crippen LogP contribution < -0.4 is 0 Å². The summed E-state index contributed by atoms with van der Waals surface area (Å²) in [4.78, 5) is 10.3. The molecule has 2 aromatic rings. The van der Waals surface area contributed by atoms with E-state index < -0.39 is 16.1 Å². The maximum Gasteiger partial charge on any atom is 0.0633 e. The number of aryl methyl sites for hydroxylation is 2. The Morgan fingerprint density at radius 1 is 0.568 bits per heavy atom. The van der Waals surface area contributed by atoms with Crippen molar-refractivity contribution in [3.05, 3.63) is 59.7 Å². The van der Waals surface area contributed by atoms with Crippen LogP contribution in [-0.2, 0) is 33.3 Å². The second-order valence-electron chi connectivity index (χ2n) is 12.8. The third kappa shape index (κ3) is 14.6. The van der Waals surface area contributed by atoms with Crippen LogP contribution in [0.5, 0.6) is 0 Å². The van der Waals surface area contributed by atoms with Gasteiger partial charge in [-0.25, -0.2) is 0 Å². The molecule has 0 heterocycles. The van der Waals surface area contributed by atoms with Crippen LogP contribution in [0, 0.1) is 0 Å². The van der Waals surface area contributed by atoms with Crippen LogP contribution in [0.3, 0.4) is 0 Å². The van der Waals surface area contributed by atoms with E-state index in [1.807, 2.05) is 0 Å². The third-order valence-corrected chi connectivity index (χ3v) is 10.1. The Bertz CT molecular complexity index is 884. The topological polar surface area (TPSA) is 24.7 Å². The second kappa shape index (κ2) is 16.8. The number of hydrogen-bond donors (Lipinski definition) is 0. The fourth-order valence-corrected chi connectivity index (χ4v) is 6.12. The number of rotatable bonds is 15. The van der Waals surface area contributed by atoms with Gasteiger partial charge in [0.2, 0.25) is 0 Å². The Morgan fingerprint density at radius 2 is 0.892 bits per heavy atom. The molecule has 5 heteroatoms. The molecule has 0 N–H and O–H groups in total. The van der Waals surface area contributed by atoms with Crippen molar-refractivity contribution in [2.45, 2.75) is 117 Å². The summed E-state index contributed by atoms with van der Waals surface area (Å²) in [5.41, 5.74) is 7.32. The smallest absolute Gasteiger partial charge is 0.0633 e. The molecule has 208 valence electrons. The predicted octanol–water partition coefficient (Wildman–Crippen LogP) is 10.7. The molecule has 0 saturated heterocycles. The van der Waals surface area contributed by atoms with E-state index in [9.17, 15) is 0 Å². The monoisotopic (exact) mass is 626 g/mol. The fraction of sp³-hybridized carbons (Fsp3) is 0.562. The standard InChI is InChI=1S/C32H52N2Si2.Pd/c1-9-11-13-31(33-29-19-15-27(16-20-29)23-25-35(3,4)5)32(14-12-10-2)34-30-21-17-28(18-22-30)24-26-36(6,7)8;/h15-22H,9-14,23-26H2,1-8H3;. The first kappa shape index (κ1) is 33.9. The van der Waals surface area contributed by atoms with E-state index in [1.54, 1.807) is 0 Å². The average molecular weight is 627 g/mol. The van der Waals surface area contributed by atoms with Crippen LogP contribution in [0.15, 0.2) is 58.5 Å². The van der Waals surface area contributed by atoms with Gasteiger partial charge in [0.15, 0.2) is 0 Å². The molecule has 0 amide bonds. The summed E-state index contributed by atoms with van der Waals surface area (Å²) in [5, 5.41) is 0. The van der Waals surface area contributed by atoms with E-state index >= 15 is 0 Å². The van der Waals surface area contributed by atoms with Crippen LogP contribution in [0.25, 0.3) is 0 Å². The normalized spacial score (nSPS) is 13.0. The van der Waals surface area contributed by atoms with E-state index in [-0.39, 0.29) is 20.4 Å². The number of benzene rings is 2. The number of aliphatic imine (C=N–C) groups is 2. The minimum atomic E-state index is -1.02. The first-order valence-electron chi connectivity index (χ1n) is 14.3.